The molecule has 1 rings (SSSR count). The second-order valence-corrected chi connectivity index (χ2v) is 5.77. The van der Waals surface area contributed by atoms with E-state index in [9.17, 15) is 4.79 Å². The van der Waals surface area contributed by atoms with Crippen LogP contribution in [0.5, 0.6) is 0 Å². The van der Waals surface area contributed by atoms with Gasteiger partial charge in [0.15, 0.2) is 0 Å². The standard InChI is InChI=1S/C10H16O2S2/c1-3-8(9(11)12-4-2)10-13-6-5-7-14-10/h3,8,10H,1,4-7H2,2H3. The molecule has 1 fully saturated rings. The zero-order valence-corrected chi connectivity index (χ0v) is 10.0. The smallest absolute Gasteiger partial charge is 0.314 e. The van der Waals surface area contributed by atoms with Gasteiger partial charge in [0.1, 0.15) is 0 Å². The highest BCUT2D eigenvalue weighted by Crippen LogP contribution is 2.36. The predicted octanol–water partition coefficient (Wildman–Crippen LogP) is 2.55. The Morgan fingerprint density at radius 2 is 2.29 bits per heavy atom. The van der Waals surface area contributed by atoms with Gasteiger partial charge in [-0.2, -0.15) is 0 Å². The zero-order valence-electron chi connectivity index (χ0n) is 8.40. The molecule has 1 heterocycles. The van der Waals surface area contributed by atoms with Crippen molar-refractivity contribution in [2.45, 2.75) is 17.9 Å². The minimum atomic E-state index is -0.148. The first kappa shape index (κ1) is 12.0. The van der Waals surface area contributed by atoms with E-state index in [0.29, 0.717) is 11.2 Å². The highest BCUT2D eigenvalue weighted by Gasteiger charge is 2.29. The molecule has 0 bridgehead atoms. The van der Waals surface area contributed by atoms with Crippen molar-refractivity contribution in [3.63, 3.8) is 0 Å². The van der Waals surface area contributed by atoms with Crippen molar-refractivity contribution >= 4 is 29.5 Å². The normalized spacial score (nSPS) is 20.1. The summed E-state index contributed by atoms with van der Waals surface area (Å²) >= 11 is 3.68. The van der Waals surface area contributed by atoms with Crippen LogP contribution in [-0.2, 0) is 9.53 Å². The zero-order chi connectivity index (χ0) is 10.4. The molecule has 0 aromatic carbocycles. The Morgan fingerprint density at radius 1 is 1.64 bits per heavy atom. The van der Waals surface area contributed by atoms with Gasteiger partial charge in [-0.15, -0.1) is 30.1 Å². The van der Waals surface area contributed by atoms with Crippen LogP contribution < -0.4 is 0 Å². The molecule has 0 aliphatic carbocycles. The maximum Gasteiger partial charge on any atom is 0.314 e. The Kier molecular flexibility index (Phi) is 5.48. The molecule has 0 aromatic heterocycles. The van der Waals surface area contributed by atoms with Gasteiger partial charge in [0.2, 0.25) is 0 Å². The summed E-state index contributed by atoms with van der Waals surface area (Å²) in [6.45, 7) is 5.99. The van der Waals surface area contributed by atoms with Crippen LogP contribution in [0.3, 0.4) is 0 Å². The summed E-state index contributed by atoms with van der Waals surface area (Å²) in [7, 11) is 0. The second kappa shape index (κ2) is 6.40. The van der Waals surface area contributed by atoms with Gasteiger partial charge in [0.05, 0.1) is 17.1 Å². The number of ether oxygens (including phenoxy) is 1. The molecule has 0 spiro atoms. The van der Waals surface area contributed by atoms with Gasteiger partial charge in [-0.1, -0.05) is 6.08 Å². The van der Waals surface area contributed by atoms with Gasteiger partial charge in [-0.25, -0.2) is 0 Å². The monoisotopic (exact) mass is 232 g/mol. The summed E-state index contributed by atoms with van der Waals surface area (Å²) in [5.41, 5.74) is 0. The van der Waals surface area contributed by atoms with E-state index >= 15 is 0 Å². The Balaban J connectivity index is 2.50. The average molecular weight is 232 g/mol. The first-order valence-corrected chi connectivity index (χ1v) is 6.91. The van der Waals surface area contributed by atoms with E-state index in [1.165, 1.54) is 6.42 Å². The highest BCUT2D eigenvalue weighted by atomic mass is 32.2. The molecule has 0 aromatic rings. The van der Waals surface area contributed by atoms with Crippen LogP contribution in [0, 0.1) is 5.92 Å². The Hall–Kier alpha value is -0.0900. The van der Waals surface area contributed by atoms with Crippen LogP contribution in [0.15, 0.2) is 12.7 Å². The topological polar surface area (TPSA) is 26.3 Å². The second-order valence-electron chi connectivity index (χ2n) is 2.98. The first-order chi connectivity index (χ1) is 6.79. The molecule has 1 aliphatic rings. The van der Waals surface area contributed by atoms with Crippen molar-refractivity contribution in [1.82, 2.24) is 0 Å². The predicted molar refractivity (Wildman–Crippen MR) is 63.6 cm³/mol. The summed E-state index contributed by atoms with van der Waals surface area (Å²) < 4.78 is 5.32. The lowest BCUT2D eigenvalue weighted by atomic mass is 10.2. The Morgan fingerprint density at radius 3 is 2.79 bits per heavy atom. The minimum Gasteiger partial charge on any atom is -0.465 e. The SMILES string of the molecule is C=CC(C(=O)OCC)C1SCCCS1. The summed E-state index contributed by atoms with van der Waals surface area (Å²) in [6, 6.07) is 0. The summed E-state index contributed by atoms with van der Waals surface area (Å²) in [5, 5.41) is 0. The molecule has 80 valence electrons. The van der Waals surface area contributed by atoms with Crippen molar-refractivity contribution in [2.24, 2.45) is 5.92 Å². The molecule has 0 amide bonds. The quantitative estimate of drug-likeness (QED) is 0.549. The largest absolute Gasteiger partial charge is 0.465 e. The summed E-state index contributed by atoms with van der Waals surface area (Å²) in [6.07, 6.45) is 2.95. The summed E-state index contributed by atoms with van der Waals surface area (Å²) in [5.74, 6) is 2.00. The third-order valence-electron chi connectivity index (χ3n) is 1.96. The third-order valence-corrected chi connectivity index (χ3v) is 5.07. The van der Waals surface area contributed by atoms with Gasteiger partial charge in [0, 0.05) is 0 Å². The molecule has 0 saturated carbocycles. The highest BCUT2D eigenvalue weighted by molar-refractivity contribution is 8.17. The van der Waals surface area contributed by atoms with E-state index in [4.69, 9.17) is 4.74 Å². The molecular formula is C10H16O2S2. The number of hydrogen-bond acceptors (Lipinski definition) is 4. The van der Waals surface area contributed by atoms with Crippen molar-refractivity contribution < 1.29 is 9.53 Å². The lowest BCUT2D eigenvalue weighted by molar-refractivity contribution is -0.145. The number of carbonyl (C=O) groups excluding carboxylic acids is 1. The first-order valence-electron chi connectivity index (χ1n) is 4.82. The average Bonchev–Trinajstić information content (AvgIpc) is 2.21. The van der Waals surface area contributed by atoms with Gasteiger partial charge >= 0.3 is 5.97 Å². The molecule has 4 heteroatoms. The van der Waals surface area contributed by atoms with E-state index < -0.39 is 0 Å². The van der Waals surface area contributed by atoms with Crippen molar-refractivity contribution in [3.05, 3.63) is 12.7 Å². The fraction of sp³-hybridized carbons (Fsp3) is 0.700. The van der Waals surface area contributed by atoms with E-state index in [1.807, 2.05) is 30.4 Å². The molecule has 1 atom stereocenters. The number of rotatable bonds is 4. The van der Waals surface area contributed by atoms with Gasteiger partial charge in [-0.05, 0) is 24.9 Å². The maximum absolute atomic E-state index is 11.6. The van der Waals surface area contributed by atoms with E-state index in [-0.39, 0.29) is 11.9 Å². The molecule has 14 heavy (non-hydrogen) atoms. The van der Waals surface area contributed by atoms with Crippen molar-refractivity contribution in [3.8, 4) is 0 Å². The van der Waals surface area contributed by atoms with Gasteiger partial charge < -0.3 is 4.74 Å². The van der Waals surface area contributed by atoms with E-state index in [2.05, 4.69) is 6.58 Å². The number of carbonyl (C=O) groups is 1. The molecule has 0 radical (unpaired) electrons. The summed E-state index contributed by atoms with van der Waals surface area (Å²) in [4.78, 5) is 11.6. The minimum absolute atomic E-state index is 0.130. The molecule has 2 nitrogen and oxygen atoms in total. The molecule has 0 N–H and O–H groups in total. The number of thioether (sulfide) groups is 2. The van der Waals surface area contributed by atoms with Crippen molar-refractivity contribution in [2.75, 3.05) is 18.1 Å². The third kappa shape index (κ3) is 3.24. The Bertz CT molecular complexity index is 200. The van der Waals surface area contributed by atoms with Crippen LogP contribution in [0.25, 0.3) is 0 Å². The van der Waals surface area contributed by atoms with Gasteiger partial charge in [-0.3, -0.25) is 4.79 Å². The number of hydrogen-bond donors (Lipinski definition) is 0. The van der Waals surface area contributed by atoms with E-state index in [1.54, 1.807) is 6.08 Å². The van der Waals surface area contributed by atoms with Crippen LogP contribution in [0.4, 0.5) is 0 Å². The van der Waals surface area contributed by atoms with E-state index in [0.717, 1.165) is 11.5 Å². The molecule has 1 saturated heterocycles. The lowest BCUT2D eigenvalue weighted by Gasteiger charge is -2.25. The van der Waals surface area contributed by atoms with Crippen LogP contribution in [0.2, 0.25) is 0 Å². The molecule has 1 unspecified atom stereocenters. The molecular weight excluding hydrogens is 216 g/mol. The molecule has 1 aliphatic heterocycles. The number of esters is 1. The van der Waals surface area contributed by atoms with Crippen LogP contribution in [0.1, 0.15) is 13.3 Å². The van der Waals surface area contributed by atoms with Gasteiger partial charge in [0.25, 0.3) is 0 Å². The van der Waals surface area contributed by atoms with Crippen LogP contribution in [-0.4, -0.2) is 28.7 Å². The van der Waals surface area contributed by atoms with Crippen LogP contribution >= 0.6 is 23.5 Å². The fourth-order valence-corrected chi connectivity index (χ4v) is 4.36. The Labute approximate surface area is 93.8 Å². The lowest BCUT2D eigenvalue weighted by Crippen LogP contribution is -2.26. The van der Waals surface area contributed by atoms with Crippen molar-refractivity contribution in [1.29, 1.82) is 0 Å². The maximum atomic E-state index is 11.6. The fourth-order valence-electron chi connectivity index (χ4n) is 1.27.